The summed E-state index contributed by atoms with van der Waals surface area (Å²) >= 11 is 0. The Morgan fingerprint density at radius 2 is 0.946 bits per heavy atom. The van der Waals surface area contributed by atoms with E-state index in [1.807, 2.05) is 24.3 Å². The molecule has 6 N–H and O–H groups in total. The Kier molecular flexibility index (Phi) is 9.80. The molecule has 0 heterocycles. The quantitative estimate of drug-likeness (QED) is 0.209. The molecule has 0 radical (unpaired) electrons. The van der Waals surface area contributed by atoms with E-state index in [-0.39, 0.29) is 6.54 Å². The van der Waals surface area contributed by atoms with Gasteiger partial charge in [0.2, 0.25) is 0 Å². The van der Waals surface area contributed by atoms with Gasteiger partial charge in [-0.3, -0.25) is 4.52 Å². The highest BCUT2D eigenvalue weighted by Gasteiger charge is 2.40. The molecule has 4 aromatic rings. The van der Waals surface area contributed by atoms with Crippen LogP contribution in [-0.2, 0) is 19.3 Å². The van der Waals surface area contributed by atoms with Crippen LogP contribution in [0, 0.1) is 0 Å². The summed E-state index contributed by atoms with van der Waals surface area (Å²) in [5.74, 6) is 0.823. The lowest BCUT2D eigenvalue weighted by Crippen LogP contribution is -2.38. The molecule has 0 saturated heterocycles. The Hall–Kier alpha value is -3.26. The predicted octanol–water partition coefficient (Wildman–Crippen LogP) is 5.21. The van der Waals surface area contributed by atoms with E-state index in [2.05, 4.69) is 0 Å². The first-order valence-corrected chi connectivity index (χ1v) is 14.2. The Morgan fingerprint density at radius 1 is 0.622 bits per heavy atom. The molecule has 11 heteroatoms. The minimum atomic E-state index is -4.71. The van der Waals surface area contributed by atoms with E-state index in [0.29, 0.717) is 22.6 Å². The summed E-state index contributed by atoms with van der Waals surface area (Å²) in [4.78, 5) is 18.5. The molecule has 4 aromatic carbocycles. The summed E-state index contributed by atoms with van der Waals surface area (Å²) in [6, 6.07) is 35.0. The van der Waals surface area contributed by atoms with Gasteiger partial charge in [0.05, 0.1) is 0 Å². The van der Waals surface area contributed by atoms with Crippen molar-refractivity contribution in [3.8, 4) is 11.5 Å². The number of para-hydroxylation sites is 2. The second-order valence-corrected chi connectivity index (χ2v) is 10.3. The molecule has 0 aliphatic carbocycles. The van der Waals surface area contributed by atoms with E-state index >= 15 is 0 Å². The van der Waals surface area contributed by atoms with Crippen LogP contribution < -0.4 is 20.3 Å². The lowest BCUT2D eigenvalue weighted by Gasteiger charge is -2.33. The minimum Gasteiger partial charge on any atom is -0.405 e. The van der Waals surface area contributed by atoms with Crippen LogP contribution in [0.1, 0.15) is 11.1 Å². The topological polar surface area (TPSA) is 154 Å². The van der Waals surface area contributed by atoms with Gasteiger partial charge >= 0.3 is 15.6 Å². The fourth-order valence-electron chi connectivity index (χ4n) is 3.44. The van der Waals surface area contributed by atoms with Gasteiger partial charge in [-0.25, -0.2) is 14.6 Å². The Balaban J connectivity index is 0.000000208. The highest BCUT2D eigenvalue weighted by molar-refractivity contribution is 7.52. The van der Waals surface area contributed by atoms with E-state index in [1.54, 1.807) is 97.1 Å². The highest BCUT2D eigenvalue weighted by Crippen LogP contribution is 2.48. The Bertz CT molecular complexity index is 1240. The molecule has 0 aromatic heterocycles. The normalized spacial score (nSPS) is 11.7. The second kappa shape index (κ2) is 12.8. The first-order valence-electron chi connectivity index (χ1n) is 11.1. The molecule has 0 aliphatic heterocycles. The molecule has 4 rings (SSSR count). The van der Waals surface area contributed by atoms with Crippen molar-refractivity contribution in [2.75, 3.05) is 6.54 Å². The number of hydrogen-bond donors (Lipinski definition) is 4. The van der Waals surface area contributed by atoms with Gasteiger partial charge in [0.1, 0.15) is 17.1 Å². The average molecular weight is 542 g/mol. The standard InChI is InChI=1S/C14H16NO4P.C12H12NO3P/c15-11-14(19-20(16,17)18,12-7-3-1-4-8-12)13-9-5-2-6-10-13;13-17(14,15-11-7-3-1-4-8-11)16-12-9-5-2-6-10-12/h1-10H,11,15H2,(H2,16,17,18);1-10H,(H2,13,14). The summed E-state index contributed by atoms with van der Waals surface area (Å²) in [5, 5.41) is 0. The van der Waals surface area contributed by atoms with Crippen LogP contribution >= 0.6 is 15.6 Å². The third kappa shape index (κ3) is 8.67. The van der Waals surface area contributed by atoms with E-state index in [9.17, 15) is 18.9 Å². The lowest BCUT2D eigenvalue weighted by atomic mass is 9.86. The smallest absolute Gasteiger partial charge is 0.405 e. The zero-order valence-corrected chi connectivity index (χ0v) is 21.5. The van der Waals surface area contributed by atoms with Gasteiger partial charge < -0.3 is 24.6 Å². The molecule has 0 bridgehead atoms. The molecule has 0 aliphatic rings. The average Bonchev–Trinajstić information content (AvgIpc) is 2.89. The molecule has 0 amide bonds. The fourth-order valence-corrected chi connectivity index (χ4v) is 5.00. The van der Waals surface area contributed by atoms with Crippen molar-refractivity contribution in [2.45, 2.75) is 5.60 Å². The molecule has 9 nitrogen and oxygen atoms in total. The molecule has 0 atom stereocenters. The zero-order valence-electron chi connectivity index (χ0n) is 19.7. The second-order valence-electron chi connectivity index (χ2n) is 7.69. The summed E-state index contributed by atoms with van der Waals surface area (Å²) in [7, 11) is -8.35. The van der Waals surface area contributed by atoms with E-state index < -0.39 is 21.2 Å². The van der Waals surface area contributed by atoms with Crippen LogP contribution in [0.5, 0.6) is 11.5 Å². The first kappa shape index (κ1) is 28.3. The number of rotatable bonds is 9. The molecule has 0 spiro atoms. The van der Waals surface area contributed by atoms with Gasteiger partial charge in [-0.15, -0.1) is 0 Å². The molecule has 37 heavy (non-hydrogen) atoms. The minimum absolute atomic E-state index is 0.0911. The van der Waals surface area contributed by atoms with Crippen molar-refractivity contribution in [1.82, 2.24) is 0 Å². The van der Waals surface area contributed by atoms with Gasteiger partial charge in [0.25, 0.3) is 0 Å². The van der Waals surface area contributed by atoms with Crippen LogP contribution in [0.2, 0.25) is 0 Å². The maximum atomic E-state index is 11.9. The summed E-state index contributed by atoms with van der Waals surface area (Å²) in [5.41, 5.74) is 11.1. The molecular weight excluding hydrogens is 514 g/mol. The maximum absolute atomic E-state index is 11.9. The van der Waals surface area contributed by atoms with Crippen LogP contribution in [0.25, 0.3) is 0 Å². The molecule has 0 saturated carbocycles. The maximum Gasteiger partial charge on any atom is 0.510 e. The van der Waals surface area contributed by atoms with Gasteiger partial charge in [-0.05, 0) is 35.4 Å². The molecule has 0 fully saturated rings. The first-order chi connectivity index (χ1) is 17.6. The summed E-state index contributed by atoms with van der Waals surface area (Å²) in [6.07, 6.45) is 0. The van der Waals surface area contributed by atoms with E-state index in [0.717, 1.165) is 0 Å². The molecule has 0 unspecified atom stereocenters. The van der Waals surface area contributed by atoms with E-state index in [1.165, 1.54) is 0 Å². The summed E-state index contributed by atoms with van der Waals surface area (Å²) < 4.78 is 38.6. The van der Waals surface area contributed by atoms with Crippen molar-refractivity contribution in [1.29, 1.82) is 0 Å². The zero-order chi connectivity index (χ0) is 26.8. The van der Waals surface area contributed by atoms with Gasteiger partial charge in [-0.1, -0.05) is 97.1 Å². The highest BCUT2D eigenvalue weighted by atomic mass is 31.2. The van der Waals surface area contributed by atoms with Gasteiger partial charge in [0, 0.05) is 6.54 Å². The third-order valence-corrected chi connectivity index (χ3v) is 6.47. The van der Waals surface area contributed by atoms with Crippen molar-refractivity contribution in [2.24, 2.45) is 11.2 Å². The van der Waals surface area contributed by atoms with Gasteiger partial charge in [-0.2, -0.15) is 0 Å². The van der Waals surface area contributed by atoms with Crippen molar-refractivity contribution in [3.63, 3.8) is 0 Å². The third-order valence-electron chi connectivity index (χ3n) is 4.99. The number of phosphoric ester groups is 1. The Morgan fingerprint density at radius 3 is 1.24 bits per heavy atom. The SMILES string of the molecule is NCC(OP(=O)(O)O)(c1ccccc1)c1ccccc1.NP(=O)(Oc1ccccc1)Oc1ccccc1. The lowest BCUT2D eigenvalue weighted by molar-refractivity contribution is 0.0721. The summed E-state index contributed by atoms with van der Waals surface area (Å²) in [6.45, 7) is -0.0911. The van der Waals surface area contributed by atoms with Crippen LogP contribution in [0.15, 0.2) is 121 Å². The Labute approximate surface area is 215 Å². The molecule has 194 valence electrons. The van der Waals surface area contributed by atoms with Crippen molar-refractivity contribution < 1.29 is 32.5 Å². The number of nitrogens with two attached hydrogens (primary N) is 2. The van der Waals surface area contributed by atoms with Crippen LogP contribution in [-0.4, -0.2) is 16.3 Å². The monoisotopic (exact) mass is 542 g/mol. The number of benzene rings is 4. The van der Waals surface area contributed by atoms with Crippen molar-refractivity contribution in [3.05, 3.63) is 132 Å². The molecular formula is C26H28N2O7P2. The van der Waals surface area contributed by atoms with E-state index in [4.69, 9.17) is 24.8 Å². The number of phosphoric acid groups is 1. The largest absolute Gasteiger partial charge is 0.510 e. The number of hydrogen-bond acceptors (Lipinski definition) is 6. The predicted molar refractivity (Wildman–Crippen MR) is 142 cm³/mol. The van der Waals surface area contributed by atoms with Crippen LogP contribution in [0.3, 0.4) is 0 Å². The van der Waals surface area contributed by atoms with Crippen molar-refractivity contribution >= 4 is 15.6 Å². The van der Waals surface area contributed by atoms with Gasteiger partial charge in [0.15, 0.2) is 0 Å². The fraction of sp³-hybridized carbons (Fsp3) is 0.0769. The van der Waals surface area contributed by atoms with Crippen LogP contribution in [0.4, 0.5) is 0 Å².